The van der Waals surface area contributed by atoms with E-state index in [4.69, 9.17) is 5.73 Å². The van der Waals surface area contributed by atoms with Gasteiger partial charge in [-0.05, 0) is 85.6 Å². The molecule has 54 heavy (non-hydrogen) atoms. The molecule has 0 aliphatic carbocycles. The number of benzene rings is 5. The predicted octanol–water partition coefficient (Wildman–Crippen LogP) is 9.37. The zero-order valence-corrected chi connectivity index (χ0v) is 31.4. The fraction of sp³-hybridized carbons (Fsp3) is 0.0500. The van der Waals surface area contributed by atoms with Crippen molar-refractivity contribution in [2.45, 2.75) is 18.7 Å². The van der Waals surface area contributed by atoms with E-state index < -0.39 is 15.8 Å². The van der Waals surface area contributed by atoms with Crippen LogP contribution in [-0.4, -0.2) is 30.0 Å². The molecule has 0 amide bonds. The Morgan fingerprint density at radius 2 is 1.30 bits per heavy atom. The van der Waals surface area contributed by atoms with Gasteiger partial charge >= 0.3 is 0 Å². The molecule has 0 spiro atoms. The molecule has 5 N–H and O–H groups in total. The van der Waals surface area contributed by atoms with E-state index in [9.17, 15) is 22.4 Å². The molecule has 0 aliphatic rings. The summed E-state index contributed by atoms with van der Waals surface area (Å²) < 4.78 is 40.6. The van der Waals surface area contributed by atoms with E-state index in [2.05, 4.69) is 25.3 Å². The van der Waals surface area contributed by atoms with Crippen molar-refractivity contribution >= 4 is 77.3 Å². The van der Waals surface area contributed by atoms with Crippen LogP contribution in [0.3, 0.4) is 0 Å². The lowest BCUT2D eigenvalue weighted by atomic mass is 10.0. The van der Waals surface area contributed by atoms with Gasteiger partial charge in [-0.3, -0.25) is 14.3 Å². The quantitative estimate of drug-likeness (QED) is 0.0743. The number of halogens is 1. The summed E-state index contributed by atoms with van der Waals surface area (Å²) >= 11 is 2.61. The van der Waals surface area contributed by atoms with Crippen molar-refractivity contribution in [1.29, 1.82) is 0 Å². The summed E-state index contributed by atoms with van der Waals surface area (Å²) in [4.78, 5) is 34.3. The molecule has 7 aromatic rings. The van der Waals surface area contributed by atoms with Gasteiger partial charge in [-0.15, -0.1) is 11.3 Å². The number of ketones is 2. The third kappa shape index (κ3) is 9.41. The lowest BCUT2D eigenvalue weighted by molar-refractivity contribution is 0.102. The van der Waals surface area contributed by atoms with Crippen LogP contribution in [0, 0.1) is 19.7 Å². The van der Waals surface area contributed by atoms with E-state index >= 15 is 0 Å². The van der Waals surface area contributed by atoms with Gasteiger partial charge in [0.2, 0.25) is 11.6 Å². The Kier molecular flexibility index (Phi) is 11.6. The van der Waals surface area contributed by atoms with Gasteiger partial charge in [0.25, 0.3) is 10.0 Å². The molecule has 14 heteroatoms. The van der Waals surface area contributed by atoms with Gasteiger partial charge in [0.15, 0.2) is 10.3 Å². The summed E-state index contributed by atoms with van der Waals surface area (Å²) in [5, 5.41) is 9.19. The number of sulfonamides is 1. The van der Waals surface area contributed by atoms with Gasteiger partial charge < -0.3 is 16.4 Å². The monoisotopic (exact) mass is 776 g/mol. The molecule has 0 saturated heterocycles. The molecule has 7 rings (SSSR count). The largest absolute Gasteiger partial charge is 0.399 e. The van der Waals surface area contributed by atoms with Crippen molar-refractivity contribution in [1.82, 2.24) is 9.97 Å². The van der Waals surface area contributed by atoms with E-state index in [0.29, 0.717) is 49.0 Å². The summed E-state index contributed by atoms with van der Waals surface area (Å²) in [6.07, 6.45) is 1.52. The molecule has 2 heterocycles. The molecule has 0 aliphatic heterocycles. The van der Waals surface area contributed by atoms with E-state index in [-0.39, 0.29) is 16.5 Å². The van der Waals surface area contributed by atoms with Crippen LogP contribution in [0.25, 0.3) is 0 Å². The maximum Gasteiger partial charge on any atom is 0.261 e. The van der Waals surface area contributed by atoms with Crippen molar-refractivity contribution in [3.8, 4) is 0 Å². The first kappa shape index (κ1) is 37.5. The van der Waals surface area contributed by atoms with Gasteiger partial charge in [0.05, 0.1) is 21.7 Å². The molecule has 10 nitrogen and oxygen atoms in total. The van der Waals surface area contributed by atoms with Crippen LogP contribution in [0.5, 0.6) is 0 Å². The minimum absolute atomic E-state index is 0.0449. The Hall–Kier alpha value is -6.22. The average Bonchev–Trinajstić information content (AvgIpc) is 3.82. The molecule has 0 atom stereocenters. The van der Waals surface area contributed by atoms with Crippen molar-refractivity contribution in [3.05, 3.63) is 172 Å². The number of aromatic nitrogens is 2. The Morgan fingerprint density at radius 1 is 0.704 bits per heavy atom. The minimum atomic E-state index is -3.86. The summed E-state index contributed by atoms with van der Waals surface area (Å²) in [7, 11) is -3.86. The number of hydrogen-bond acceptors (Lipinski definition) is 11. The van der Waals surface area contributed by atoms with Crippen LogP contribution in [-0.2, 0) is 10.0 Å². The SMILES string of the molecule is Cc1ccccc1C(=O)c1cnc(Nc2cccc(NS(=O)(=O)c3ccc(F)cc3)c2)s1.Cc1ccccc1C(=O)c1csc(Nc2cccc(N)c2)n1. The second-order valence-corrected chi connectivity index (χ2v) is 15.4. The highest BCUT2D eigenvalue weighted by atomic mass is 32.2. The van der Waals surface area contributed by atoms with Crippen molar-refractivity contribution in [2.75, 3.05) is 21.1 Å². The summed E-state index contributed by atoms with van der Waals surface area (Å²) in [6.45, 7) is 3.80. The van der Waals surface area contributed by atoms with E-state index in [1.165, 1.54) is 41.0 Å². The van der Waals surface area contributed by atoms with E-state index in [1.807, 2.05) is 80.6 Å². The molecule has 272 valence electrons. The highest BCUT2D eigenvalue weighted by Gasteiger charge is 2.17. The Morgan fingerprint density at radius 3 is 1.96 bits per heavy atom. The average molecular weight is 777 g/mol. The van der Waals surface area contributed by atoms with Crippen LogP contribution in [0.1, 0.15) is 42.4 Å². The smallest absolute Gasteiger partial charge is 0.261 e. The Balaban J connectivity index is 0.000000197. The summed E-state index contributed by atoms with van der Waals surface area (Å²) in [6, 6.07) is 33.5. The Bertz CT molecular complexity index is 2550. The van der Waals surface area contributed by atoms with E-state index in [0.717, 1.165) is 28.9 Å². The number of nitrogens with one attached hydrogen (secondary N) is 3. The van der Waals surface area contributed by atoms with Gasteiger partial charge in [-0.2, -0.15) is 0 Å². The lowest BCUT2D eigenvalue weighted by Crippen LogP contribution is -2.13. The van der Waals surface area contributed by atoms with Crippen LogP contribution in [0.2, 0.25) is 0 Å². The predicted molar refractivity (Wildman–Crippen MR) is 215 cm³/mol. The molecular weight excluding hydrogens is 744 g/mol. The summed E-state index contributed by atoms with van der Waals surface area (Å²) in [5.74, 6) is -0.677. The third-order valence-corrected chi connectivity index (χ3v) is 10.9. The van der Waals surface area contributed by atoms with Gasteiger partial charge in [-0.25, -0.2) is 22.8 Å². The standard InChI is InChI=1S/C23H18FN3O3S2.C17H15N3OS/c1-15-5-2-3-8-20(15)22(28)21-14-25-23(31-21)26-17-6-4-7-18(13-17)27-32(29,30)19-11-9-16(24)10-12-19;1-11-5-2-3-8-14(11)16(21)15-10-22-17(20-15)19-13-7-4-6-12(18)9-13/h2-14,27H,1H3,(H,25,26);2-10H,18H2,1H3,(H,19,20). The van der Waals surface area contributed by atoms with Crippen molar-refractivity contribution < 1.29 is 22.4 Å². The second-order valence-electron chi connectivity index (χ2n) is 11.9. The normalized spacial score (nSPS) is 10.9. The topological polar surface area (TPSA) is 156 Å². The minimum Gasteiger partial charge on any atom is -0.399 e. The summed E-state index contributed by atoms with van der Waals surface area (Å²) in [5.41, 5.74) is 11.8. The first-order valence-corrected chi connectivity index (χ1v) is 19.5. The van der Waals surface area contributed by atoms with Crippen LogP contribution >= 0.6 is 22.7 Å². The lowest BCUT2D eigenvalue weighted by Gasteiger charge is -2.10. The number of hydrogen-bond donors (Lipinski definition) is 4. The first-order valence-electron chi connectivity index (χ1n) is 16.4. The van der Waals surface area contributed by atoms with Gasteiger partial charge in [-0.1, -0.05) is 72.0 Å². The number of nitrogen functional groups attached to an aromatic ring is 1. The number of rotatable bonds is 11. The number of anilines is 6. The number of carbonyl (C=O) groups excluding carboxylic acids is 2. The number of nitrogens with zero attached hydrogens (tertiary/aromatic N) is 2. The van der Waals surface area contributed by atoms with Gasteiger partial charge in [0.1, 0.15) is 11.5 Å². The number of nitrogens with two attached hydrogens (primary N) is 1. The van der Waals surface area contributed by atoms with E-state index in [1.54, 1.807) is 35.7 Å². The highest BCUT2D eigenvalue weighted by molar-refractivity contribution is 7.92. The number of thiazole rings is 2. The maximum atomic E-state index is 13.1. The molecule has 5 aromatic carbocycles. The molecule has 0 bridgehead atoms. The first-order chi connectivity index (χ1) is 25.9. The maximum absolute atomic E-state index is 13.1. The van der Waals surface area contributed by atoms with Crippen LogP contribution in [0.15, 0.2) is 138 Å². The molecule has 0 fully saturated rings. The van der Waals surface area contributed by atoms with Gasteiger partial charge in [0, 0.05) is 33.6 Å². The number of aryl methyl sites for hydroxylation is 2. The zero-order valence-electron chi connectivity index (χ0n) is 28.9. The fourth-order valence-corrected chi connectivity index (χ4v) is 7.70. The molecule has 0 saturated carbocycles. The molecule has 0 radical (unpaired) electrons. The second kappa shape index (κ2) is 16.6. The van der Waals surface area contributed by atoms with Crippen molar-refractivity contribution in [3.63, 3.8) is 0 Å². The van der Waals surface area contributed by atoms with Crippen molar-refractivity contribution in [2.24, 2.45) is 0 Å². The molecular formula is C40H33FN6O4S3. The van der Waals surface area contributed by atoms with Crippen LogP contribution in [0.4, 0.5) is 37.4 Å². The molecule has 2 aromatic heterocycles. The van der Waals surface area contributed by atoms with Crippen LogP contribution < -0.4 is 21.1 Å². The Labute approximate surface area is 319 Å². The highest BCUT2D eigenvalue weighted by Crippen LogP contribution is 2.28. The molecule has 0 unspecified atom stereocenters. The number of carbonyl (C=O) groups is 2. The third-order valence-electron chi connectivity index (χ3n) is 7.87. The fourth-order valence-electron chi connectivity index (χ4n) is 5.15. The zero-order chi connectivity index (χ0) is 38.2.